The zero-order valence-electron chi connectivity index (χ0n) is 5.96. The number of hydrogen-bond acceptors (Lipinski definition) is 1. The number of rotatable bonds is 2. The minimum absolute atomic E-state index is 0.924. The third-order valence-electron chi connectivity index (χ3n) is 2.57. The minimum atomic E-state index is 0.924. The lowest BCUT2D eigenvalue weighted by Gasteiger charge is -2.13. The van der Waals surface area contributed by atoms with Gasteiger partial charge in [0.05, 0.1) is 0 Å². The van der Waals surface area contributed by atoms with Crippen LogP contribution in [0.25, 0.3) is 0 Å². The molecular weight excluding hydrogens is 146 g/mol. The van der Waals surface area contributed by atoms with Crippen molar-refractivity contribution in [2.75, 3.05) is 13.1 Å². The Morgan fingerprint density at radius 3 is 3.00 bits per heavy atom. The fraction of sp³-hybridized carbons (Fsp3) is 0.750. The summed E-state index contributed by atoms with van der Waals surface area (Å²) in [5, 5.41) is 0. The van der Waals surface area contributed by atoms with Gasteiger partial charge in [-0.1, -0.05) is 17.7 Å². The Balaban J connectivity index is 1.82. The Kier molecular flexibility index (Phi) is 1.71. The SMILES string of the molecule is Cl/C=C/CN1CCC2CC21. The van der Waals surface area contributed by atoms with Crippen molar-refractivity contribution in [3.8, 4) is 0 Å². The molecule has 0 spiro atoms. The Morgan fingerprint density at radius 2 is 2.50 bits per heavy atom. The number of hydrogen-bond donors (Lipinski definition) is 0. The molecule has 2 heteroatoms. The lowest BCUT2D eigenvalue weighted by molar-refractivity contribution is 0.333. The highest BCUT2D eigenvalue weighted by Crippen LogP contribution is 2.43. The molecule has 0 bridgehead atoms. The first-order valence-corrected chi connectivity index (χ1v) is 4.34. The molecule has 0 aromatic heterocycles. The maximum atomic E-state index is 5.43. The molecule has 0 aromatic rings. The third kappa shape index (κ3) is 1.08. The van der Waals surface area contributed by atoms with Gasteiger partial charge in [0, 0.05) is 18.1 Å². The highest BCUT2D eigenvalue weighted by molar-refractivity contribution is 6.25. The minimum Gasteiger partial charge on any atom is -0.296 e. The lowest BCUT2D eigenvalue weighted by Crippen LogP contribution is -2.22. The van der Waals surface area contributed by atoms with Crippen LogP contribution >= 0.6 is 11.6 Å². The van der Waals surface area contributed by atoms with Crippen molar-refractivity contribution >= 4 is 11.6 Å². The molecule has 0 radical (unpaired) electrons. The topological polar surface area (TPSA) is 3.24 Å². The first-order chi connectivity index (χ1) is 4.92. The van der Waals surface area contributed by atoms with Crippen molar-refractivity contribution in [3.05, 3.63) is 11.6 Å². The van der Waals surface area contributed by atoms with E-state index in [4.69, 9.17) is 11.6 Å². The van der Waals surface area contributed by atoms with Gasteiger partial charge in [-0.2, -0.15) is 0 Å². The average Bonchev–Trinajstić information content (AvgIpc) is 2.63. The Hall–Kier alpha value is -0.0100. The Morgan fingerprint density at radius 1 is 1.60 bits per heavy atom. The van der Waals surface area contributed by atoms with Gasteiger partial charge in [0.1, 0.15) is 0 Å². The highest BCUT2D eigenvalue weighted by Gasteiger charge is 2.45. The standard InChI is InChI=1S/C8H12ClN/c9-3-1-4-10-5-2-7-6-8(7)10/h1,3,7-8H,2,4-6H2/b3-1+. The molecule has 1 nitrogen and oxygen atoms in total. The molecule has 2 aliphatic rings. The number of nitrogens with zero attached hydrogens (tertiary/aromatic N) is 1. The maximum Gasteiger partial charge on any atom is 0.0177 e. The second-order valence-electron chi connectivity index (χ2n) is 3.21. The molecule has 1 aliphatic heterocycles. The van der Waals surface area contributed by atoms with Crippen LogP contribution in [0.4, 0.5) is 0 Å². The van der Waals surface area contributed by atoms with Gasteiger partial charge in [-0.25, -0.2) is 0 Å². The van der Waals surface area contributed by atoms with Crippen LogP contribution in [0.2, 0.25) is 0 Å². The van der Waals surface area contributed by atoms with Crippen LogP contribution in [0.1, 0.15) is 12.8 Å². The van der Waals surface area contributed by atoms with Crippen LogP contribution in [0, 0.1) is 5.92 Å². The molecule has 0 amide bonds. The molecule has 56 valence electrons. The van der Waals surface area contributed by atoms with Crippen LogP contribution in [-0.4, -0.2) is 24.0 Å². The first-order valence-electron chi connectivity index (χ1n) is 3.91. The molecule has 10 heavy (non-hydrogen) atoms. The van der Waals surface area contributed by atoms with E-state index in [0.29, 0.717) is 0 Å². The monoisotopic (exact) mass is 157 g/mol. The van der Waals surface area contributed by atoms with Crippen LogP contribution in [0.5, 0.6) is 0 Å². The smallest absolute Gasteiger partial charge is 0.0177 e. The fourth-order valence-corrected chi connectivity index (χ4v) is 1.97. The predicted molar refractivity (Wildman–Crippen MR) is 43.1 cm³/mol. The summed E-state index contributed by atoms with van der Waals surface area (Å²) in [6, 6.07) is 0.924. The van der Waals surface area contributed by atoms with Crippen LogP contribution in [-0.2, 0) is 0 Å². The van der Waals surface area contributed by atoms with Crippen molar-refractivity contribution in [3.63, 3.8) is 0 Å². The van der Waals surface area contributed by atoms with Crippen molar-refractivity contribution in [1.82, 2.24) is 4.90 Å². The summed E-state index contributed by atoms with van der Waals surface area (Å²) in [5.41, 5.74) is 1.62. The Bertz CT molecular complexity index is 155. The molecule has 0 N–H and O–H groups in total. The molecule has 2 unspecified atom stereocenters. The van der Waals surface area contributed by atoms with E-state index >= 15 is 0 Å². The number of likely N-dealkylation sites (tertiary alicyclic amines) is 1. The summed E-state index contributed by atoms with van der Waals surface area (Å²) in [6.45, 7) is 2.35. The largest absolute Gasteiger partial charge is 0.296 e. The van der Waals surface area contributed by atoms with E-state index in [1.165, 1.54) is 19.4 Å². The van der Waals surface area contributed by atoms with Gasteiger partial charge >= 0.3 is 0 Å². The van der Waals surface area contributed by atoms with Crippen molar-refractivity contribution in [2.24, 2.45) is 5.92 Å². The maximum absolute atomic E-state index is 5.43. The molecule has 2 fully saturated rings. The highest BCUT2D eigenvalue weighted by atomic mass is 35.5. The summed E-state index contributed by atoms with van der Waals surface area (Å²) in [6.07, 6.45) is 4.89. The van der Waals surface area contributed by atoms with E-state index in [9.17, 15) is 0 Å². The molecule has 1 saturated heterocycles. The van der Waals surface area contributed by atoms with Gasteiger partial charge < -0.3 is 0 Å². The molecule has 2 atom stereocenters. The van der Waals surface area contributed by atoms with Crippen LogP contribution < -0.4 is 0 Å². The van der Waals surface area contributed by atoms with Crippen LogP contribution in [0.15, 0.2) is 11.6 Å². The average molecular weight is 158 g/mol. The number of fused-ring (bicyclic) bond motifs is 1. The van der Waals surface area contributed by atoms with E-state index in [0.717, 1.165) is 18.5 Å². The van der Waals surface area contributed by atoms with Gasteiger partial charge in [-0.15, -0.1) is 0 Å². The second-order valence-corrected chi connectivity index (χ2v) is 3.46. The van der Waals surface area contributed by atoms with Gasteiger partial charge in [0.2, 0.25) is 0 Å². The van der Waals surface area contributed by atoms with Gasteiger partial charge in [0.15, 0.2) is 0 Å². The van der Waals surface area contributed by atoms with Gasteiger partial charge in [0.25, 0.3) is 0 Å². The zero-order valence-corrected chi connectivity index (χ0v) is 6.72. The van der Waals surface area contributed by atoms with E-state index in [1.54, 1.807) is 5.54 Å². The third-order valence-corrected chi connectivity index (χ3v) is 2.75. The molecule has 2 rings (SSSR count). The van der Waals surface area contributed by atoms with E-state index < -0.39 is 0 Å². The Labute approximate surface area is 66.7 Å². The summed E-state index contributed by atoms with van der Waals surface area (Å²) >= 11 is 5.43. The predicted octanol–water partition coefficient (Wildman–Crippen LogP) is 1.83. The molecular formula is C8H12ClN. The van der Waals surface area contributed by atoms with Crippen molar-refractivity contribution in [1.29, 1.82) is 0 Å². The second kappa shape index (κ2) is 2.55. The summed E-state index contributed by atoms with van der Waals surface area (Å²) < 4.78 is 0. The van der Waals surface area contributed by atoms with Crippen molar-refractivity contribution < 1.29 is 0 Å². The van der Waals surface area contributed by atoms with Crippen LogP contribution in [0.3, 0.4) is 0 Å². The van der Waals surface area contributed by atoms with Crippen molar-refractivity contribution in [2.45, 2.75) is 18.9 Å². The zero-order chi connectivity index (χ0) is 6.97. The fourth-order valence-electron chi connectivity index (χ4n) is 1.89. The lowest BCUT2D eigenvalue weighted by atomic mass is 10.3. The van der Waals surface area contributed by atoms with E-state index in [1.807, 2.05) is 6.08 Å². The summed E-state index contributed by atoms with van der Waals surface area (Å²) in [7, 11) is 0. The summed E-state index contributed by atoms with van der Waals surface area (Å²) in [4.78, 5) is 2.52. The molecule has 1 aliphatic carbocycles. The summed E-state index contributed by atoms with van der Waals surface area (Å²) in [5.74, 6) is 1.05. The molecule has 1 heterocycles. The van der Waals surface area contributed by atoms with E-state index in [-0.39, 0.29) is 0 Å². The number of halogens is 1. The number of piperidine rings is 1. The van der Waals surface area contributed by atoms with Gasteiger partial charge in [-0.3, -0.25) is 4.90 Å². The molecule has 0 aromatic carbocycles. The van der Waals surface area contributed by atoms with Gasteiger partial charge in [-0.05, 0) is 25.3 Å². The quantitative estimate of drug-likeness (QED) is 0.591. The first kappa shape index (κ1) is 6.68. The molecule has 1 saturated carbocycles. The normalized spacial score (nSPS) is 38.9. The van der Waals surface area contributed by atoms with E-state index in [2.05, 4.69) is 4.90 Å².